The number of piperidine rings is 1. The Morgan fingerprint density at radius 2 is 2.05 bits per heavy atom. The molecule has 6 heteroatoms. The predicted molar refractivity (Wildman–Crippen MR) is 79.1 cm³/mol. The van der Waals surface area contributed by atoms with Gasteiger partial charge in [-0.3, -0.25) is 0 Å². The van der Waals surface area contributed by atoms with Crippen molar-refractivity contribution < 1.29 is 8.42 Å². The molecule has 0 saturated carbocycles. The molecule has 1 aromatic heterocycles. The fourth-order valence-corrected chi connectivity index (χ4v) is 3.90. The molecule has 108 valence electrons. The Morgan fingerprint density at radius 1 is 1.30 bits per heavy atom. The van der Waals surface area contributed by atoms with E-state index < -0.39 is 10.0 Å². The maximum absolute atomic E-state index is 11.7. The molecule has 3 rings (SSSR count). The summed E-state index contributed by atoms with van der Waals surface area (Å²) < 4.78 is 27.1. The van der Waals surface area contributed by atoms with Crippen LogP contribution >= 0.6 is 0 Å². The van der Waals surface area contributed by atoms with Crippen molar-refractivity contribution >= 4 is 21.1 Å². The molecule has 0 amide bonds. The SMILES string of the molecule is Cn1c(C2CCCN(S(C)(=O)=O)C2)nc2ccccc21. The summed E-state index contributed by atoms with van der Waals surface area (Å²) in [6.45, 7) is 1.16. The number of hydrogen-bond acceptors (Lipinski definition) is 3. The molecule has 0 radical (unpaired) electrons. The molecule has 20 heavy (non-hydrogen) atoms. The molecule has 1 aliphatic heterocycles. The summed E-state index contributed by atoms with van der Waals surface area (Å²) in [5, 5.41) is 0. The Balaban J connectivity index is 1.97. The van der Waals surface area contributed by atoms with Crippen molar-refractivity contribution in [2.24, 2.45) is 7.05 Å². The van der Waals surface area contributed by atoms with E-state index in [1.807, 2.05) is 31.3 Å². The Morgan fingerprint density at radius 3 is 2.75 bits per heavy atom. The lowest BCUT2D eigenvalue weighted by atomic mass is 9.99. The first-order valence-electron chi connectivity index (χ1n) is 6.83. The van der Waals surface area contributed by atoms with Crippen LogP contribution in [0, 0.1) is 0 Å². The highest BCUT2D eigenvalue weighted by Crippen LogP contribution is 2.29. The van der Waals surface area contributed by atoms with E-state index in [9.17, 15) is 8.42 Å². The average Bonchev–Trinajstić information content (AvgIpc) is 2.76. The minimum atomic E-state index is -3.11. The summed E-state index contributed by atoms with van der Waals surface area (Å²) in [5.74, 6) is 1.16. The van der Waals surface area contributed by atoms with Gasteiger partial charge in [-0.2, -0.15) is 0 Å². The van der Waals surface area contributed by atoms with Crippen LogP contribution in [0.5, 0.6) is 0 Å². The summed E-state index contributed by atoms with van der Waals surface area (Å²) in [5.41, 5.74) is 2.07. The highest BCUT2D eigenvalue weighted by molar-refractivity contribution is 7.88. The molecule has 1 atom stereocenters. The fraction of sp³-hybridized carbons (Fsp3) is 0.500. The number of nitrogens with zero attached hydrogens (tertiary/aromatic N) is 3. The maximum atomic E-state index is 11.7. The van der Waals surface area contributed by atoms with Crippen molar-refractivity contribution in [2.45, 2.75) is 18.8 Å². The van der Waals surface area contributed by atoms with Gasteiger partial charge in [0.15, 0.2) is 0 Å². The standard InChI is InChI=1S/C14H19N3O2S/c1-16-13-8-4-3-7-12(13)15-14(16)11-6-5-9-17(10-11)20(2,18)19/h3-4,7-8,11H,5-6,9-10H2,1-2H3. The fourth-order valence-electron chi connectivity index (χ4n) is 2.98. The first kappa shape index (κ1) is 13.6. The van der Waals surface area contributed by atoms with Gasteiger partial charge < -0.3 is 4.57 Å². The van der Waals surface area contributed by atoms with Gasteiger partial charge in [0, 0.05) is 26.1 Å². The highest BCUT2D eigenvalue weighted by atomic mass is 32.2. The Labute approximate surface area is 119 Å². The predicted octanol–water partition coefficient (Wildman–Crippen LogP) is 1.71. The van der Waals surface area contributed by atoms with E-state index >= 15 is 0 Å². The lowest BCUT2D eigenvalue weighted by molar-refractivity contribution is 0.308. The van der Waals surface area contributed by atoms with Crippen LogP contribution in [0.2, 0.25) is 0 Å². The molecule has 0 aliphatic carbocycles. The van der Waals surface area contributed by atoms with E-state index in [0.29, 0.717) is 13.1 Å². The number of benzene rings is 1. The molecule has 2 heterocycles. The molecule has 2 aromatic rings. The van der Waals surface area contributed by atoms with Crippen LogP contribution < -0.4 is 0 Å². The van der Waals surface area contributed by atoms with Gasteiger partial charge in [-0.25, -0.2) is 17.7 Å². The quantitative estimate of drug-likeness (QED) is 0.847. The van der Waals surface area contributed by atoms with Gasteiger partial charge in [0.05, 0.1) is 17.3 Å². The number of rotatable bonds is 2. The molecular formula is C14H19N3O2S. The van der Waals surface area contributed by atoms with Gasteiger partial charge >= 0.3 is 0 Å². The molecule has 0 bridgehead atoms. The third kappa shape index (κ3) is 2.33. The van der Waals surface area contributed by atoms with Crippen molar-refractivity contribution in [3.05, 3.63) is 30.1 Å². The van der Waals surface area contributed by atoms with E-state index in [4.69, 9.17) is 4.98 Å². The second-order valence-corrected chi connectivity index (χ2v) is 7.46. The first-order valence-corrected chi connectivity index (χ1v) is 8.68. The number of hydrogen-bond donors (Lipinski definition) is 0. The van der Waals surface area contributed by atoms with E-state index in [0.717, 1.165) is 29.7 Å². The summed E-state index contributed by atoms with van der Waals surface area (Å²) in [4.78, 5) is 4.69. The van der Waals surface area contributed by atoms with Crippen LogP contribution in [0.4, 0.5) is 0 Å². The third-order valence-electron chi connectivity index (χ3n) is 4.04. The first-order chi connectivity index (χ1) is 9.47. The highest BCUT2D eigenvalue weighted by Gasteiger charge is 2.29. The van der Waals surface area contributed by atoms with Gasteiger partial charge in [-0.1, -0.05) is 12.1 Å². The molecule has 1 saturated heterocycles. The third-order valence-corrected chi connectivity index (χ3v) is 5.31. The molecule has 0 spiro atoms. The van der Waals surface area contributed by atoms with E-state index in [1.54, 1.807) is 4.31 Å². The van der Waals surface area contributed by atoms with Crippen molar-refractivity contribution in [1.82, 2.24) is 13.9 Å². The van der Waals surface area contributed by atoms with E-state index in [-0.39, 0.29) is 5.92 Å². The number of imidazole rings is 1. The minimum Gasteiger partial charge on any atom is -0.331 e. The number of aromatic nitrogens is 2. The molecule has 1 unspecified atom stereocenters. The van der Waals surface area contributed by atoms with Crippen LogP contribution in [-0.2, 0) is 17.1 Å². The summed E-state index contributed by atoms with van der Waals surface area (Å²) in [7, 11) is -1.11. The normalized spacial score (nSPS) is 21.4. The number of aryl methyl sites for hydroxylation is 1. The summed E-state index contributed by atoms with van der Waals surface area (Å²) >= 11 is 0. The topological polar surface area (TPSA) is 55.2 Å². The van der Waals surface area contributed by atoms with Crippen molar-refractivity contribution in [3.63, 3.8) is 0 Å². The molecule has 5 nitrogen and oxygen atoms in total. The number of sulfonamides is 1. The maximum Gasteiger partial charge on any atom is 0.211 e. The van der Waals surface area contributed by atoms with Crippen LogP contribution in [0.1, 0.15) is 24.6 Å². The Bertz CT molecular complexity index is 736. The van der Waals surface area contributed by atoms with E-state index in [2.05, 4.69) is 4.57 Å². The molecule has 1 fully saturated rings. The van der Waals surface area contributed by atoms with Gasteiger partial charge in [0.2, 0.25) is 10.0 Å². The Hall–Kier alpha value is -1.40. The minimum absolute atomic E-state index is 0.177. The molecule has 1 aromatic carbocycles. The van der Waals surface area contributed by atoms with Crippen molar-refractivity contribution in [2.75, 3.05) is 19.3 Å². The largest absolute Gasteiger partial charge is 0.331 e. The molecule has 1 aliphatic rings. The van der Waals surface area contributed by atoms with Gasteiger partial charge in [-0.15, -0.1) is 0 Å². The smallest absolute Gasteiger partial charge is 0.211 e. The monoisotopic (exact) mass is 293 g/mol. The number of para-hydroxylation sites is 2. The van der Waals surface area contributed by atoms with Gasteiger partial charge in [0.25, 0.3) is 0 Å². The molecular weight excluding hydrogens is 274 g/mol. The zero-order chi connectivity index (χ0) is 14.3. The lowest BCUT2D eigenvalue weighted by Gasteiger charge is -2.30. The Kier molecular flexibility index (Phi) is 3.30. The lowest BCUT2D eigenvalue weighted by Crippen LogP contribution is -2.39. The van der Waals surface area contributed by atoms with Crippen LogP contribution in [0.25, 0.3) is 11.0 Å². The zero-order valence-electron chi connectivity index (χ0n) is 11.8. The van der Waals surface area contributed by atoms with Crippen LogP contribution in [0.15, 0.2) is 24.3 Å². The second kappa shape index (κ2) is 4.86. The van der Waals surface area contributed by atoms with Crippen molar-refractivity contribution in [1.29, 1.82) is 0 Å². The summed E-state index contributed by atoms with van der Waals surface area (Å²) in [6, 6.07) is 8.01. The summed E-state index contributed by atoms with van der Waals surface area (Å²) in [6.07, 6.45) is 3.16. The van der Waals surface area contributed by atoms with Gasteiger partial charge in [0.1, 0.15) is 5.82 Å². The molecule has 0 N–H and O–H groups in total. The van der Waals surface area contributed by atoms with E-state index in [1.165, 1.54) is 6.26 Å². The zero-order valence-corrected chi connectivity index (χ0v) is 12.6. The average molecular weight is 293 g/mol. The second-order valence-electron chi connectivity index (χ2n) is 5.48. The van der Waals surface area contributed by atoms with Crippen LogP contribution in [-0.4, -0.2) is 41.6 Å². The van der Waals surface area contributed by atoms with Crippen molar-refractivity contribution in [3.8, 4) is 0 Å². The number of fused-ring (bicyclic) bond motifs is 1. The van der Waals surface area contributed by atoms with Gasteiger partial charge in [-0.05, 0) is 25.0 Å². The van der Waals surface area contributed by atoms with Crippen LogP contribution in [0.3, 0.4) is 0 Å².